The Morgan fingerprint density at radius 3 is 2.79 bits per heavy atom. The lowest BCUT2D eigenvalue weighted by Crippen LogP contribution is -2.25. The van der Waals surface area contributed by atoms with Gasteiger partial charge in [-0.25, -0.2) is 4.39 Å². The van der Waals surface area contributed by atoms with Gasteiger partial charge < -0.3 is 9.42 Å². The number of amides is 1. The predicted molar refractivity (Wildman–Crippen MR) is 83.6 cm³/mol. The second-order valence-corrected chi connectivity index (χ2v) is 5.53. The number of benzene rings is 1. The van der Waals surface area contributed by atoms with Crippen LogP contribution in [-0.2, 0) is 4.79 Å². The van der Waals surface area contributed by atoms with Crippen LogP contribution < -0.4 is 4.90 Å². The smallest absolute Gasteiger partial charge is 0.276 e. The van der Waals surface area contributed by atoms with Gasteiger partial charge in [0, 0.05) is 25.1 Å². The molecule has 4 rings (SSSR count). The Morgan fingerprint density at radius 2 is 2.00 bits per heavy atom. The number of carbonyl (C=O) groups is 1. The van der Waals surface area contributed by atoms with E-state index in [2.05, 4.69) is 15.1 Å². The molecule has 1 amide bonds. The molecule has 1 fully saturated rings. The van der Waals surface area contributed by atoms with E-state index in [1.165, 1.54) is 11.0 Å². The van der Waals surface area contributed by atoms with Crippen LogP contribution in [0.15, 0.2) is 53.2 Å². The van der Waals surface area contributed by atoms with Gasteiger partial charge in [-0.15, -0.1) is 0 Å². The van der Waals surface area contributed by atoms with Gasteiger partial charge in [-0.05, 0) is 24.3 Å². The van der Waals surface area contributed by atoms with Crippen molar-refractivity contribution in [2.45, 2.75) is 12.3 Å². The van der Waals surface area contributed by atoms with Crippen LogP contribution in [0.2, 0.25) is 0 Å². The normalized spacial score (nSPS) is 17.5. The summed E-state index contributed by atoms with van der Waals surface area (Å²) < 4.78 is 19.2. The molecule has 0 N–H and O–H groups in total. The summed E-state index contributed by atoms with van der Waals surface area (Å²) in [6.07, 6.45) is 1.85. The largest absolute Gasteiger partial charge is 0.332 e. The standard InChI is InChI=1S/C17H13FN4O2/c18-12-5-1-2-7-14(12)22-10-11(9-15(22)23)16-20-17(24-21-16)13-6-3-4-8-19-13/h1-8,11H,9-10H2. The van der Waals surface area contributed by atoms with Crippen molar-refractivity contribution in [3.05, 3.63) is 60.3 Å². The monoisotopic (exact) mass is 324 g/mol. The second kappa shape index (κ2) is 5.84. The number of pyridine rings is 1. The number of hydrogen-bond acceptors (Lipinski definition) is 5. The summed E-state index contributed by atoms with van der Waals surface area (Å²) in [5.74, 6) is -0.0772. The molecule has 24 heavy (non-hydrogen) atoms. The Morgan fingerprint density at radius 1 is 1.17 bits per heavy atom. The van der Waals surface area contributed by atoms with Gasteiger partial charge in [0.05, 0.1) is 5.69 Å². The number of rotatable bonds is 3. The Bertz CT molecular complexity index is 881. The van der Waals surface area contributed by atoms with Gasteiger partial charge in [0.2, 0.25) is 5.91 Å². The predicted octanol–water partition coefficient (Wildman–Crippen LogP) is 2.79. The highest BCUT2D eigenvalue weighted by molar-refractivity contribution is 5.96. The molecule has 3 aromatic rings. The first-order valence-corrected chi connectivity index (χ1v) is 7.52. The number of nitrogens with zero attached hydrogens (tertiary/aromatic N) is 4. The van der Waals surface area contributed by atoms with Gasteiger partial charge in [0.25, 0.3) is 5.89 Å². The molecule has 6 nitrogen and oxygen atoms in total. The minimum atomic E-state index is -0.422. The minimum Gasteiger partial charge on any atom is -0.332 e. The maximum atomic E-state index is 13.9. The van der Waals surface area contributed by atoms with Crippen molar-refractivity contribution in [1.82, 2.24) is 15.1 Å². The van der Waals surface area contributed by atoms with Crippen LogP contribution in [0.3, 0.4) is 0 Å². The molecule has 0 saturated carbocycles. The fraction of sp³-hybridized carbons (Fsp3) is 0.176. The van der Waals surface area contributed by atoms with E-state index in [0.29, 0.717) is 24.0 Å². The fourth-order valence-corrected chi connectivity index (χ4v) is 2.78. The number of aromatic nitrogens is 3. The van der Waals surface area contributed by atoms with Crippen LogP contribution >= 0.6 is 0 Å². The Kier molecular flexibility index (Phi) is 3.53. The van der Waals surface area contributed by atoms with Gasteiger partial charge in [0.1, 0.15) is 11.5 Å². The van der Waals surface area contributed by atoms with Crippen LogP contribution in [0.4, 0.5) is 10.1 Å². The summed E-state index contributed by atoms with van der Waals surface area (Å²) in [4.78, 5) is 22.2. The lowest BCUT2D eigenvalue weighted by Gasteiger charge is -2.16. The number of halogens is 1. The first-order valence-electron chi connectivity index (χ1n) is 7.52. The molecule has 1 aliphatic heterocycles. The van der Waals surface area contributed by atoms with E-state index in [-0.39, 0.29) is 23.9 Å². The molecule has 1 aromatic carbocycles. The zero-order valence-corrected chi connectivity index (χ0v) is 12.6. The molecule has 0 bridgehead atoms. The van der Waals surface area contributed by atoms with E-state index in [0.717, 1.165) is 0 Å². The van der Waals surface area contributed by atoms with Crippen LogP contribution in [-0.4, -0.2) is 27.6 Å². The number of anilines is 1. The van der Waals surface area contributed by atoms with Crippen LogP contribution in [0.25, 0.3) is 11.6 Å². The topological polar surface area (TPSA) is 72.1 Å². The average Bonchev–Trinajstić information content (AvgIpc) is 3.23. The van der Waals surface area contributed by atoms with Crippen LogP contribution in [0.5, 0.6) is 0 Å². The van der Waals surface area contributed by atoms with Gasteiger partial charge in [0.15, 0.2) is 5.82 Å². The molecular formula is C17H13FN4O2. The molecule has 1 atom stereocenters. The molecule has 120 valence electrons. The molecule has 0 aliphatic carbocycles. The van der Waals surface area contributed by atoms with E-state index in [4.69, 9.17) is 4.52 Å². The van der Waals surface area contributed by atoms with E-state index in [1.807, 2.05) is 6.07 Å². The highest BCUT2D eigenvalue weighted by atomic mass is 19.1. The average molecular weight is 324 g/mol. The van der Waals surface area contributed by atoms with E-state index >= 15 is 0 Å². The molecule has 2 aromatic heterocycles. The number of hydrogen-bond donors (Lipinski definition) is 0. The Balaban J connectivity index is 1.58. The third-order valence-electron chi connectivity index (χ3n) is 3.96. The van der Waals surface area contributed by atoms with Crippen molar-refractivity contribution in [3.8, 4) is 11.6 Å². The van der Waals surface area contributed by atoms with Crippen molar-refractivity contribution < 1.29 is 13.7 Å². The molecule has 1 saturated heterocycles. The second-order valence-electron chi connectivity index (χ2n) is 5.53. The first-order chi connectivity index (χ1) is 11.7. The lowest BCUT2D eigenvalue weighted by molar-refractivity contribution is -0.117. The van der Waals surface area contributed by atoms with Gasteiger partial charge in [-0.2, -0.15) is 4.98 Å². The number of para-hydroxylation sites is 1. The van der Waals surface area contributed by atoms with Crippen molar-refractivity contribution in [1.29, 1.82) is 0 Å². The van der Waals surface area contributed by atoms with Crippen molar-refractivity contribution in [2.75, 3.05) is 11.4 Å². The van der Waals surface area contributed by atoms with Crippen molar-refractivity contribution >= 4 is 11.6 Å². The van der Waals surface area contributed by atoms with E-state index in [9.17, 15) is 9.18 Å². The molecule has 7 heteroatoms. The van der Waals surface area contributed by atoms with Crippen LogP contribution in [0, 0.1) is 5.82 Å². The van der Waals surface area contributed by atoms with E-state index in [1.54, 1.807) is 36.5 Å². The quantitative estimate of drug-likeness (QED) is 0.741. The van der Waals surface area contributed by atoms with E-state index < -0.39 is 5.82 Å². The summed E-state index contributed by atoms with van der Waals surface area (Å²) in [6.45, 7) is 0.320. The summed E-state index contributed by atoms with van der Waals surface area (Å²) in [5.41, 5.74) is 0.852. The van der Waals surface area contributed by atoms with Crippen LogP contribution in [0.1, 0.15) is 18.2 Å². The zero-order chi connectivity index (χ0) is 16.5. The number of carbonyl (C=O) groups excluding carboxylic acids is 1. The van der Waals surface area contributed by atoms with Crippen molar-refractivity contribution in [2.24, 2.45) is 0 Å². The highest BCUT2D eigenvalue weighted by Gasteiger charge is 2.35. The molecule has 0 spiro atoms. The van der Waals surface area contributed by atoms with Gasteiger partial charge in [-0.3, -0.25) is 9.78 Å². The fourth-order valence-electron chi connectivity index (χ4n) is 2.78. The molecule has 3 heterocycles. The molecule has 1 aliphatic rings. The summed E-state index contributed by atoms with van der Waals surface area (Å²) in [7, 11) is 0. The molecular weight excluding hydrogens is 311 g/mol. The Labute approximate surface area is 136 Å². The van der Waals surface area contributed by atoms with Crippen molar-refractivity contribution in [3.63, 3.8) is 0 Å². The molecule has 0 radical (unpaired) electrons. The maximum absolute atomic E-state index is 13.9. The summed E-state index contributed by atoms with van der Waals surface area (Å²) in [5, 5.41) is 3.96. The zero-order valence-electron chi connectivity index (χ0n) is 12.6. The Hall–Kier alpha value is -3.09. The SMILES string of the molecule is O=C1CC(c2noc(-c3ccccn3)n2)CN1c1ccccc1F. The third-order valence-corrected chi connectivity index (χ3v) is 3.96. The first kappa shape index (κ1) is 14.5. The van der Waals surface area contributed by atoms with Gasteiger partial charge in [-0.1, -0.05) is 23.4 Å². The minimum absolute atomic E-state index is 0.158. The van der Waals surface area contributed by atoms with Gasteiger partial charge >= 0.3 is 0 Å². The lowest BCUT2D eigenvalue weighted by atomic mass is 10.1. The summed E-state index contributed by atoms with van der Waals surface area (Å²) in [6, 6.07) is 11.6. The summed E-state index contributed by atoms with van der Waals surface area (Å²) >= 11 is 0. The molecule has 1 unspecified atom stereocenters. The third kappa shape index (κ3) is 2.54. The highest BCUT2D eigenvalue weighted by Crippen LogP contribution is 2.32. The maximum Gasteiger partial charge on any atom is 0.276 e.